The van der Waals surface area contributed by atoms with Gasteiger partial charge in [-0.25, -0.2) is 8.42 Å². The topological polar surface area (TPSA) is 102 Å². The number of carbonyl (C=O) groups excluding carboxylic acids is 1. The van der Waals surface area contributed by atoms with Crippen LogP contribution in [0.15, 0.2) is 9.64 Å². The van der Waals surface area contributed by atoms with Crippen molar-refractivity contribution in [2.75, 3.05) is 23.8 Å². The van der Waals surface area contributed by atoms with Crippen LogP contribution >= 0.6 is 11.8 Å². The SMILES string of the molecule is CC(C)CCNC(=O)CSc1nnc([C@H]2CCS(=O)(=O)C2)o1. The predicted octanol–water partition coefficient (Wildman–Crippen LogP) is 1.23. The summed E-state index contributed by atoms with van der Waals surface area (Å²) in [6.45, 7) is 4.86. The van der Waals surface area contributed by atoms with Gasteiger partial charge in [0.2, 0.25) is 11.8 Å². The zero-order valence-electron chi connectivity index (χ0n) is 12.7. The van der Waals surface area contributed by atoms with Crippen molar-refractivity contribution in [1.29, 1.82) is 0 Å². The molecule has 0 bridgehead atoms. The Kier molecular flexibility index (Phi) is 5.85. The average molecular weight is 347 g/mol. The summed E-state index contributed by atoms with van der Waals surface area (Å²) in [7, 11) is -2.98. The first-order valence-electron chi connectivity index (χ1n) is 7.29. The fraction of sp³-hybridized carbons (Fsp3) is 0.769. The molecule has 0 aromatic carbocycles. The van der Waals surface area contributed by atoms with Gasteiger partial charge in [-0.05, 0) is 18.8 Å². The van der Waals surface area contributed by atoms with Gasteiger partial charge in [-0.3, -0.25) is 4.79 Å². The van der Waals surface area contributed by atoms with Crippen LogP contribution in [0.4, 0.5) is 0 Å². The molecule has 0 saturated carbocycles. The highest BCUT2D eigenvalue weighted by atomic mass is 32.2. The van der Waals surface area contributed by atoms with Crippen LogP contribution in [0.1, 0.15) is 38.5 Å². The Morgan fingerprint density at radius 2 is 2.23 bits per heavy atom. The summed E-state index contributed by atoms with van der Waals surface area (Å²) in [5.74, 6) is 1.05. The standard InChI is InChI=1S/C13H21N3O4S2/c1-9(2)3-5-14-11(17)7-21-13-16-15-12(20-13)10-4-6-22(18,19)8-10/h9-10H,3-8H2,1-2H3,(H,14,17)/t10-/m0/s1. The number of thioether (sulfide) groups is 1. The number of amides is 1. The first kappa shape index (κ1) is 17.3. The van der Waals surface area contributed by atoms with Crippen molar-refractivity contribution in [1.82, 2.24) is 15.5 Å². The van der Waals surface area contributed by atoms with Crippen molar-refractivity contribution in [2.45, 2.75) is 37.8 Å². The van der Waals surface area contributed by atoms with Crippen LogP contribution < -0.4 is 5.32 Å². The largest absolute Gasteiger partial charge is 0.416 e. The maximum Gasteiger partial charge on any atom is 0.277 e. The van der Waals surface area contributed by atoms with Crippen molar-refractivity contribution < 1.29 is 17.6 Å². The van der Waals surface area contributed by atoms with Crippen LogP contribution in [0, 0.1) is 5.92 Å². The van der Waals surface area contributed by atoms with Crippen molar-refractivity contribution >= 4 is 27.5 Å². The molecule has 0 radical (unpaired) electrons. The zero-order chi connectivity index (χ0) is 16.2. The lowest BCUT2D eigenvalue weighted by Gasteiger charge is -2.05. The molecular weight excluding hydrogens is 326 g/mol. The lowest BCUT2D eigenvalue weighted by atomic mass is 10.1. The summed E-state index contributed by atoms with van der Waals surface area (Å²) >= 11 is 1.17. The van der Waals surface area contributed by atoms with Gasteiger partial charge in [-0.15, -0.1) is 10.2 Å². The maximum atomic E-state index is 11.6. The highest BCUT2D eigenvalue weighted by molar-refractivity contribution is 7.99. The fourth-order valence-electron chi connectivity index (χ4n) is 2.11. The lowest BCUT2D eigenvalue weighted by Crippen LogP contribution is -2.26. The minimum Gasteiger partial charge on any atom is -0.416 e. The van der Waals surface area contributed by atoms with Crippen molar-refractivity contribution in [3.05, 3.63) is 5.89 Å². The molecule has 0 spiro atoms. The summed E-state index contributed by atoms with van der Waals surface area (Å²) in [6, 6.07) is 0. The van der Waals surface area contributed by atoms with E-state index in [1.807, 2.05) is 0 Å². The molecule has 1 aromatic rings. The van der Waals surface area contributed by atoms with Gasteiger partial charge in [-0.1, -0.05) is 25.6 Å². The van der Waals surface area contributed by atoms with Crippen molar-refractivity contribution in [2.24, 2.45) is 5.92 Å². The molecule has 1 fully saturated rings. The van der Waals surface area contributed by atoms with Gasteiger partial charge in [0, 0.05) is 6.54 Å². The summed E-state index contributed by atoms with van der Waals surface area (Å²) in [5.41, 5.74) is 0. The van der Waals surface area contributed by atoms with Gasteiger partial charge in [0.05, 0.1) is 23.2 Å². The number of rotatable bonds is 7. The molecule has 0 unspecified atom stereocenters. The van der Waals surface area contributed by atoms with Crippen LogP contribution in [-0.2, 0) is 14.6 Å². The molecule has 124 valence electrons. The van der Waals surface area contributed by atoms with E-state index in [1.165, 1.54) is 11.8 Å². The Morgan fingerprint density at radius 1 is 1.45 bits per heavy atom. The maximum absolute atomic E-state index is 11.6. The number of hydrogen-bond donors (Lipinski definition) is 1. The average Bonchev–Trinajstić information content (AvgIpc) is 3.02. The highest BCUT2D eigenvalue weighted by Crippen LogP contribution is 2.29. The number of hydrogen-bond acceptors (Lipinski definition) is 7. The number of aromatic nitrogens is 2. The van der Waals surface area contributed by atoms with E-state index in [4.69, 9.17) is 4.42 Å². The van der Waals surface area contributed by atoms with E-state index < -0.39 is 9.84 Å². The van der Waals surface area contributed by atoms with E-state index in [9.17, 15) is 13.2 Å². The van der Waals surface area contributed by atoms with Crippen LogP contribution in [-0.4, -0.2) is 48.3 Å². The van der Waals surface area contributed by atoms with Gasteiger partial charge >= 0.3 is 0 Å². The Bertz CT molecular complexity index is 613. The third kappa shape index (κ3) is 5.28. The lowest BCUT2D eigenvalue weighted by molar-refractivity contribution is -0.118. The monoisotopic (exact) mass is 347 g/mol. The summed E-state index contributed by atoms with van der Waals surface area (Å²) in [6.07, 6.45) is 1.46. The smallest absolute Gasteiger partial charge is 0.277 e. The second-order valence-corrected chi connectivity index (χ2v) is 8.98. The van der Waals surface area contributed by atoms with Crippen molar-refractivity contribution in [3.8, 4) is 0 Å². The minimum absolute atomic E-state index is 0.0645. The number of sulfone groups is 1. The predicted molar refractivity (Wildman–Crippen MR) is 83.5 cm³/mol. The van der Waals surface area contributed by atoms with Crippen LogP contribution in [0.2, 0.25) is 0 Å². The summed E-state index contributed by atoms with van der Waals surface area (Å²) in [5, 5.41) is 10.9. The van der Waals surface area contributed by atoms with E-state index in [1.54, 1.807) is 0 Å². The second kappa shape index (κ2) is 7.45. The molecule has 9 heteroatoms. The highest BCUT2D eigenvalue weighted by Gasteiger charge is 2.32. The number of nitrogens with one attached hydrogen (secondary N) is 1. The van der Waals surface area contributed by atoms with Crippen LogP contribution in [0.25, 0.3) is 0 Å². The minimum atomic E-state index is -2.98. The fourth-order valence-corrected chi connectivity index (χ4v) is 4.44. The Morgan fingerprint density at radius 3 is 2.86 bits per heavy atom. The number of carbonyl (C=O) groups is 1. The molecule has 2 heterocycles. The molecule has 1 amide bonds. The molecule has 1 aliphatic rings. The number of nitrogens with zero attached hydrogens (tertiary/aromatic N) is 2. The van der Waals surface area contributed by atoms with E-state index in [0.717, 1.165) is 6.42 Å². The third-order valence-corrected chi connectivity index (χ3v) is 5.96. The third-order valence-electron chi connectivity index (χ3n) is 3.37. The van der Waals surface area contributed by atoms with Crippen molar-refractivity contribution in [3.63, 3.8) is 0 Å². The first-order valence-corrected chi connectivity index (χ1v) is 10.1. The molecule has 1 aliphatic heterocycles. The van der Waals surface area contributed by atoms with Gasteiger partial charge in [0.1, 0.15) is 0 Å². The molecule has 0 aliphatic carbocycles. The van der Waals surface area contributed by atoms with Crippen LogP contribution in [0.3, 0.4) is 0 Å². The quantitative estimate of drug-likeness (QED) is 0.740. The zero-order valence-corrected chi connectivity index (χ0v) is 14.4. The van der Waals surface area contributed by atoms with Gasteiger partial charge in [-0.2, -0.15) is 0 Å². The van der Waals surface area contributed by atoms with E-state index in [0.29, 0.717) is 30.0 Å². The molecular formula is C13H21N3O4S2. The Labute approximate surface area is 134 Å². The van der Waals surface area contributed by atoms with E-state index in [-0.39, 0.29) is 29.1 Å². The molecule has 7 nitrogen and oxygen atoms in total. The first-order chi connectivity index (χ1) is 10.4. The Hall–Kier alpha value is -1.09. The van der Waals surface area contributed by atoms with Gasteiger partial charge < -0.3 is 9.73 Å². The molecule has 1 N–H and O–H groups in total. The summed E-state index contributed by atoms with van der Waals surface area (Å²) in [4.78, 5) is 11.6. The second-order valence-electron chi connectivity index (χ2n) is 5.83. The van der Waals surface area contributed by atoms with Gasteiger partial charge in [0.25, 0.3) is 5.22 Å². The van der Waals surface area contributed by atoms with E-state index in [2.05, 4.69) is 29.4 Å². The van der Waals surface area contributed by atoms with Crippen LogP contribution in [0.5, 0.6) is 0 Å². The molecule has 22 heavy (non-hydrogen) atoms. The molecule has 1 aromatic heterocycles. The molecule has 2 rings (SSSR count). The molecule has 1 saturated heterocycles. The normalized spacial score (nSPS) is 20.4. The molecule has 1 atom stereocenters. The Balaban J connectivity index is 1.77. The summed E-state index contributed by atoms with van der Waals surface area (Å²) < 4.78 is 28.3. The van der Waals surface area contributed by atoms with Gasteiger partial charge in [0.15, 0.2) is 9.84 Å². The van der Waals surface area contributed by atoms with E-state index >= 15 is 0 Å².